The van der Waals surface area contributed by atoms with Crippen LogP contribution >= 0.6 is 0 Å². The molecule has 0 aromatic heterocycles. The van der Waals surface area contributed by atoms with E-state index in [0.29, 0.717) is 26.0 Å². The molecule has 0 radical (unpaired) electrons. The van der Waals surface area contributed by atoms with Crippen molar-refractivity contribution in [1.82, 2.24) is 10.2 Å². The average molecular weight is 352 g/mol. The van der Waals surface area contributed by atoms with E-state index in [1.165, 1.54) is 0 Å². The monoisotopic (exact) mass is 352 g/mol. The maximum absolute atomic E-state index is 12.2. The molecule has 1 fully saturated rings. The van der Waals surface area contributed by atoms with Crippen LogP contribution in [0.25, 0.3) is 0 Å². The number of amides is 2. The Labute approximate surface area is 151 Å². The van der Waals surface area contributed by atoms with Crippen molar-refractivity contribution in [2.45, 2.75) is 64.6 Å². The first-order valence-corrected chi connectivity index (χ1v) is 9.24. The lowest BCUT2D eigenvalue weighted by Gasteiger charge is -2.18. The van der Waals surface area contributed by atoms with Crippen molar-refractivity contribution in [3.63, 3.8) is 0 Å². The van der Waals surface area contributed by atoms with Gasteiger partial charge >= 0.3 is 0 Å². The smallest absolute Gasteiger partial charge is 0.222 e. The van der Waals surface area contributed by atoms with E-state index in [-0.39, 0.29) is 30.6 Å². The molecule has 1 N–H and O–H groups in total. The second kappa shape index (κ2) is 12.7. The van der Waals surface area contributed by atoms with Crippen molar-refractivity contribution in [2.75, 3.05) is 32.8 Å². The van der Waals surface area contributed by atoms with Gasteiger partial charge in [0.05, 0.1) is 25.2 Å². The summed E-state index contributed by atoms with van der Waals surface area (Å²) in [5.41, 5.74) is 0. The van der Waals surface area contributed by atoms with Crippen LogP contribution in [-0.4, -0.2) is 61.8 Å². The number of terminal acetylenes is 1. The van der Waals surface area contributed by atoms with Crippen LogP contribution in [0.3, 0.4) is 0 Å². The van der Waals surface area contributed by atoms with E-state index >= 15 is 0 Å². The Bertz CT molecular complexity index is 445. The Kier molecular flexibility index (Phi) is 10.9. The van der Waals surface area contributed by atoms with E-state index in [4.69, 9.17) is 15.9 Å². The number of nitrogens with zero attached hydrogens (tertiary/aromatic N) is 1. The second-order valence-corrected chi connectivity index (χ2v) is 6.60. The number of hydrogen-bond donors (Lipinski definition) is 1. The van der Waals surface area contributed by atoms with Crippen molar-refractivity contribution >= 4 is 11.8 Å². The normalized spacial score (nSPS) is 16.9. The summed E-state index contributed by atoms with van der Waals surface area (Å²) in [5, 5.41) is 2.84. The molecule has 0 spiro atoms. The summed E-state index contributed by atoms with van der Waals surface area (Å²) in [6.07, 6.45) is 9.93. The van der Waals surface area contributed by atoms with E-state index in [0.717, 1.165) is 38.8 Å². The van der Waals surface area contributed by atoms with Crippen LogP contribution in [0, 0.1) is 12.3 Å². The molecule has 1 heterocycles. The molecule has 1 aliphatic heterocycles. The molecule has 0 aromatic rings. The van der Waals surface area contributed by atoms with E-state index < -0.39 is 0 Å². The van der Waals surface area contributed by atoms with E-state index in [2.05, 4.69) is 11.2 Å². The maximum atomic E-state index is 12.2. The van der Waals surface area contributed by atoms with Crippen LogP contribution in [0.1, 0.15) is 52.4 Å². The Morgan fingerprint density at radius 1 is 1.28 bits per heavy atom. The molecule has 0 aliphatic carbocycles. The average Bonchev–Trinajstić information content (AvgIpc) is 3.02. The van der Waals surface area contributed by atoms with E-state index in [9.17, 15) is 9.59 Å². The third-order valence-electron chi connectivity index (χ3n) is 4.01. The zero-order valence-corrected chi connectivity index (χ0v) is 15.6. The summed E-state index contributed by atoms with van der Waals surface area (Å²) in [7, 11) is 0. The topological polar surface area (TPSA) is 67.9 Å². The minimum Gasteiger partial charge on any atom is -0.374 e. The van der Waals surface area contributed by atoms with Gasteiger partial charge in [0.15, 0.2) is 0 Å². The van der Waals surface area contributed by atoms with Crippen molar-refractivity contribution in [2.24, 2.45) is 0 Å². The van der Waals surface area contributed by atoms with Gasteiger partial charge in [0.25, 0.3) is 0 Å². The number of carbonyl (C=O) groups is 2. The third-order valence-corrected chi connectivity index (χ3v) is 4.01. The molecule has 0 unspecified atom stereocenters. The van der Waals surface area contributed by atoms with Gasteiger partial charge in [0.1, 0.15) is 6.61 Å². The first-order chi connectivity index (χ1) is 12.0. The predicted octanol–water partition coefficient (Wildman–Crippen LogP) is 1.73. The van der Waals surface area contributed by atoms with Gasteiger partial charge in [-0.3, -0.25) is 9.59 Å². The van der Waals surface area contributed by atoms with Gasteiger partial charge in [-0.2, -0.15) is 0 Å². The molecular weight excluding hydrogens is 320 g/mol. The fraction of sp³-hybridized carbons (Fsp3) is 0.789. The fourth-order valence-electron chi connectivity index (χ4n) is 2.80. The van der Waals surface area contributed by atoms with Gasteiger partial charge in [-0.05, 0) is 33.1 Å². The van der Waals surface area contributed by atoms with Gasteiger partial charge in [-0.1, -0.05) is 12.3 Å². The Morgan fingerprint density at radius 2 is 2.08 bits per heavy atom. The summed E-state index contributed by atoms with van der Waals surface area (Å²) in [4.78, 5) is 25.6. The molecule has 142 valence electrons. The van der Waals surface area contributed by atoms with Gasteiger partial charge in [0, 0.05) is 26.1 Å². The molecule has 1 saturated heterocycles. The maximum Gasteiger partial charge on any atom is 0.222 e. The minimum absolute atomic E-state index is 0.0265. The molecule has 1 atom stereocenters. The Hall–Kier alpha value is -1.58. The van der Waals surface area contributed by atoms with Crippen molar-refractivity contribution in [1.29, 1.82) is 0 Å². The summed E-state index contributed by atoms with van der Waals surface area (Å²) < 4.78 is 10.8. The SMILES string of the molecule is C#CCOCCC(=O)NCCCCCC(=O)N1CC[C@H](OC(C)C)C1. The van der Waals surface area contributed by atoms with Crippen LogP contribution in [0.15, 0.2) is 0 Å². The minimum atomic E-state index is -0.0265. The highest BCUT2D eigenvalue weighted by molar-refractivity contribution is 5.76. The highest BCUT2D eigenvalue weighted by Gasteiger charge is 2.26. The molecule has 25 heavy (non-hydrogen) atoms. The number of unbranched alkanes of at least 4 members (excludes halogenated alkanes) is 2. The first kappa shape index (κ1) is 21.5. The molecule has 0 aromatic carbocycles. The number of nitrogens with one attached hydrogen (secondary N) is 1. The van der Waals surface area contributed by atoms with Crippen LogP contribution < -0.4 is 5.32 Å². The van der Waals surface area contributed by atoms with Crippen molar-refractivity contribution in [3.05, 3.63) is 0 Å². The van der Waals surface area contributed by atoms with Crippen LogP contribution in [0.5, 0.6) is 0 Å². The zero-order valence-electron chi connectivity index (χ0n) is 15.6. The lowest BCUT2D eigenvalue weighted by atomic mass is 10.2. The first-order valence-electron chi connectivity index (χ1n) is 9.24. The molecular formula is C19H32N2O4. The van der Waals surface area contributed by atoms with E-state index in [1.54, 1.807) is 0 Å². The highest BCUT2D eigenvalue weighted by atomic mass is 16.5. The second-order valence-electron chi connectivity index (χ2n) is 6.60. The number of rotatable bonds is 12. The predicted molar refractivity (Wildman–Crippen MR) is 97.0 cm³/mol. The van der Waals surface area contributed by atoms with Gasteiger partial charge in [0.2, 0.25) is 11.8 Å². The number of ether oxygens (including phenoxy) is 2. The third kappa shape index (κ3) is 10.1. The molecule has 6 heteroatoms. The largest absolute Gasteiger partial charge is 0.374 e. The molecule has 0 bridgehead atoms. The molecule has 0 saturated carbocycles. The van der Waals surface area contributed by atoms with Crippen LogP contribution in [0.2, 0.25) is 0 Å². The van der Waals surface area contributed by atoms with Crippen molar-refractivity contribution in [3.8, 4) is 12.3 Å². The van der Waals surface area contributed by atoms with E-state index in [1.807, 2.05) is 18.7 Å². The van der Waals surface area contributed by atoms with Crippen LogP contribution in [0.4, 0.5) is 0 Å². The number of carbonyl (C=O) groups excluding carboxylic acids is 2. The molecule has 6 nitrogen and oxygen atoms in total. The zero-order chi connectivity index (χ0) is 18.5. The quantitative estimate of drug-likeness (QED) is 0.429. The van der Waals surface area contributed by atoms with Gasteiger partial charge in [-0.25, -0.2) is 0 Å². The lowest BCUT2D eigenvalue weighted by Crippen LogP contribution is -2.30. The Morgan fingerprint density at radius 3 is 2.80 bits per heavy atom. The lowest BCUT2D eigenvalue weighted by molar-refractivity contribution is -0.131. The summed E-state index contributed by atoms with van der Waals surface area (Å²) in [5.74, 6) is 2.54. The number of hydrogen-bond acceptors (Lipinski definition) is 4. The standard InChI is InChI=1S/C19H32N2O4/c1-4-13-24-14-10-18(22)20-11-7-5-6-8-19(23)21-12-9-17(15-21)25-16(2)3/h1,16-17H,5-15H2,2-3H3,(H,20,22)/t17-/m0/s1. The summed E-state index contributed by atoms with van der Waals surface area (Å²) in [6.45, 7) is 6.78. The molecule has 1 rings (SSSR count). The Balaban J connectivity index is 1.98. The van der Waals surface area contributed by atoms with Gasteiger partial charge < -0.3 is 19.7 Å². The fourth-order valence-corrected chi connectivity index (χ4v) is 2.80. The molecule has 1 aliphatic rings. The van der Waals surface area contributed by atoms with Gasteiger partial charge in [-0.15, -0.1) is 6.42 Å². The summed E-state index contributed by atoms with van der Waals surface area (Å²) in [6, 6.07) is 0. The van der Waals surface area contributed by atoms with Crippen molar-refractivity contribution < 1.29 is 19.1 Å². The van der Waals surface area contributed by atoms with Crippen LogP contribution in [-0.2, 0) is 19.1 Å². The molecule has 2 amide bonds. The highest BCUT2D eigenvalue weighted by Crippen LogP contribution is 2.16. The summed E-state index contributed by atoms with van der Waals surface area (Å²) >= 11 is 0. The number of likely N-dealkylation sites (tertiary alicyclic amines) is 1.